The van der Waals surface area contributed by atoms with Gasteiger partial charge in [-0.25, -0.2) is 9.07 Å². The van der Waals surface area contributed by atoms with E-state index in [1.54, 1.807) is 26.8 Å². The summed E-state index contributed by atoms with van der Waals surface area (Å²) < 4.78 is 14.5. The van der Waals surface area contributed by atoms with Crippen LogP contribution in [0.5, 0.6) is 0 Å². The molecule has 2 aromatic rings. The molecule has 0 bridgehead atoms. The maximum atomic E-state index is 13.3. The maximum Gasteiger partial charge on any atom is 0.330 e. The first-order chi connectivity index (χ1) is 9.21. The molecule has 1 aromatic carbocycles. The molecule has 0 aliphatic carbocycles. The van der Waals surface area contributed by atoms with Crippen LogP contribution in [0.4, 0.5) is 10.1 Å². The van der Waals surface area contributed by atoms with Crippen LogP contribution in [0.25, 0.3) is 5.69 Å². The van der Waals surface area contributed by atoms with E-state index >= 15 is 0 Å². The van der Waals surface area contributed by atoms with E-state index in [1.165, 1.54) is 22.9 Å². The van der Waals surface area contributed by atoms with Gasteiger partial charge in [-0.3, -0.25) is 10.1 Å². The first kappa shape index (κ1) is 14.5. The third-order valence-corrected chi connectivity index (χ3v) is 3.09. The highest BCUT2D eigenvalue weighted by Crippen LogP contribution is 2.37. The second-order valence-corrected chi connectivity index (χ2v) is 5.74. The van der Waals surface area contributed by atoms with Gasteiger partial charge in [-0.15, -0.1) is 0 Å². The molecule has 0 saturated carbocycles. The van der Waals surface area contributed by atoms with Crippen LogP contribution < -0.4 is 0 Å². The molecule has 20 heavy (non-hydrogen) atoms. The van der Waals surface area contributed by atoms with Gasteiger partial charge in [0.1, 0.15) is 11.5 Å². The summed E-state index contributed by atoms with van der Waals surface area (Å²) in [6.07, 6.45) is 0. The molecule has 2 rings (SSSR count). The largest absolute Gasteiger partial charge is 0.330 e. The Balaban J connectivity index is 2.71. The fourth-order valence-corrected chi connectivity index (χ4v) is 2.13. The minimum Gasteiger partial charge on any atom is -0.258 e. The lowest BCUT2D eigenvalue weighted by Crippen LogP contribution is -2.14. The van der Waals surface area contributed by atoms with Crippen molar-refractivity contribution >= 4 is 17.3 Å². The van der Waals surface area contributed by atoms with E-state index in [4.69, 9.17) is 11.6 Å². The van der Waals surface area contributed by atoms with Crippen molar-refractivity contribution in [2.45, 2.75) is 26.2 Å². The van der Waals surface area contributed by atoms with Gasteiger partial charge in [-0.1, -0.05) is 38.4 Å². The van der Waals surface area contributed by atoms with Crippen molar-refractivity contribution in [1.82, 2.24) is 9.78 Å². The third kappa shape index (κ3) is 2.51. The van der Waals surface area contributed by atoms with Crippen molar-refractivity contribution in [1.29, 1.82) is 0 Å². The highest BCUT2D eigenvalue weighted by atomic mass is 35.5. The minimum absolute atomic E-state index is 0.134. The molecule has 1 heterocycles. The van der Waals surface area contributed by atoms with E-state index in [0.717, 1.165) is 0 Å². The lowest BCUT2D eigenvalue weighted by molar-refractivity contribution is -0.385. The number of rotatable bonds is 2. The molecule has 0 radical (unpaired) electrons. The van der Waals surface area contributed by atoms with Crippen LogP contribution in [0.15, 0.2) is 24.3 Å². The normalized spacial score (nSPS) is 11.7. The number of aromatic nitrogens is 2. The SMILES string of the molecule is CC(C)(C)c1nn(-c2cccc(F)c2)c(Cl)c1[N+](=O)[O-]. The zero-order valence-corrected chi connectivity index (χ0v) is 12.0. The Morgan fingerprint density at radius 2 is 2.05 bits per heavy atom. The Morgan fingerprint density at radius 1 is 1.40 bits per heavy atom. The number of benzene rings is 1. The molecule has 0 spiro atoms. The van der Waals surface area contributed by atoms with Crippen molar-refractivity contribution in [2.75, 3.05) is 0 Å². The molecule has 7 heteroatoms. The van der Waals surface area contributed by atoms with Crippen LogP contribution in [-0.4, -0.2) is 14.7 Å². The van der Waals surface area contributed by atoms with Gasteiger partial charge in [-0.05, 0) is 18.2 Å². The smallest absolute Gasteiger partial charge is 0.258 e. The van der Waals surface area contributed by atoms with Gasteiger partial charge in [0.05, 0.1) is 10.6 Å². The molecule has 0 N–H and O–H groups in total. The van der Waals surface area contributed by atoms with Gasteiger partial charge in [-0.2, -0.15) is 5.10 Å². The van der Waals surface area contributed by atoms with E-state index in [9.17, 15) is 14.5 Å². The molecule has 1 aromatic heterocycles. The number of nitrogens with zero attached hydrogens (tertiary/aromatic N) is 3. The molecule has 106 valence electrons. The van der Waals surface area contributed by atoms with Crippen LogP contribution in [-0.2, 0) is 5.41 Å². The average molecular weight is 298 g/mol. The summed E-state index contributed by atoms with van der Waals surface area (Å²) >= 11 is 6.05. The Labute approximate surface area is 120 Å². The van der Waals surface area contributed by atoms with Crippen LogP contribution in [0.3, 0.4) is 0 Å². The van der Waals surface area contributed by atoms with E-state index in [-0.39, 0.29) is 16.5 Å². The maximum absolute atomic E-state index is 13.3. The predicted molar refractivity (Wildman–Crippen MR) is 73.9 cm³/mol. The van der Waals surface area contributed by atoms with E-state index in [2.05, 4.69) is 5.10 Å². The predicted octanol–water partition coefficient (Wildman–Crippen LogP) is 3.87. The standard InChI is InChI=1S/C13H13ClFN3O2/c1-13(2,3)11-10(18(19)20)12(14)17(16-11)9-6-4-5-8(15)7-9/h4-7H,1-3H3. The number of hydrogen-bond acceptors (Lipinski definition) is 3. The molecular formula is C13H13ClFN3O2. The summed E-state index contributed by atoms with van der Waals surface area (Å²) in [5, 5.41) is 15.3. The second kappa shape index (κ2) is 4.86. The van der Waals surface area contributed by atoms with Gasteiger partial charge < -0.3 is 0 Å². The Bertz CT molecular complexity index is 677. The Morgan fingerprint density at radius 3 is 2.50 bits per heavy atom. The molecule has 0 aliphatic heterocycles. The zero-order chi connectivity index (χ0) is 15.1. The van der Waals surface area contributed by atoms with Gasteiger partial charge in [0.2, 0.25) is 5.15 Å². The summed E-state index contributed by atoms with van der Waals surface area (Å²) in [5.41, 5.74) is -0.196. The Kier molecular flexibility index (Phi) is 3.52. The highest BCUT2D eigenvalue weighted by Gasteiger charge is 2.34. The quantitative estimate of drug-likeness (QED) is 0.624. The summed E-state index contributed by atoms with van der Waals surface area (Å²) in [6, 6.07) is 5.57. The lowest BCUT2D eigenvalue weighted by atomic mass is 9.91. The molecule has 0 amide bonds. The highest BCUT2D eigenvalue weighted by molar-refractivity contribution is 6.32. The lowest BCUT2D eigenvalue weighted by Gasteiger charge is -2.13. The number of halogens is 2. The fourth-order valence-electron chi connectivity index (χ4n) is 1.84. The molecule has 0 fully saturated rings. The van der Waals surface area contributed by atoms with Crippen molar-refractivity contribution in [3.8, 4) is 5.69 Å². The van der Waals surface area contributed by atoms with Crippen LogP contribution in [0.2, 0.25) is 5.15 Å². The van der Waals surface area contributed by atoms with Gasteiger partial charge >= 0.3 is 5.69 Å². The molecule has 0 aliphatic rings. The summed E-state index contributed by atoms with van der Waals surface area (Å²) in [5.74, 6) is -0.464. The van der Waals surface area contributed by atoms with E-state index < -0.39 is 16.2 Å². The van der Waals surface area contributed by atoms with Crippen LogP contribution in [0.1, 0.15) is 26.5 Å². The van der Waals surface area contributed by atoms with Gasteiger partial charge in [0.25, 0.3) is 0 Å². The summed E-state index contributed by atoms with van der Waals surface area (Å²) in [4.78, 5) is 10.6. The monoisotopic (exact) mass is 297 g/mol. The average Bonchev–Trinajstić information content (AvgIpc) is 2.66. The third-order valence-electron chi connectivity index (χ3n) is 2.75. The first-order valence-electron chi connectivity index (χ1n) is 5.91. The zero-order valence-electron chi connectivity index (χ0n) is 11.2. The van der Waals surface area contributed by atoms with Crippen LogP contribution in [0, 0.1) is 15.9 Å². The van der Waals surface area contributed by atoms with Crippen molar-refractivity contribution in [3.63, 3.8) is 0 Å². The van der Waals surface area contributed by atoms with E-state index in [1.807, 2.05) is 0 Å². The molecular weight excluding hydrogens is 285 g/mol. The number of hydrogen-bond donors (Lipinski definition) is 0. The Hall–Kier alpha value is -1.95. The second-order valence-electron chi connectivity index (χ2n) is 5.39. The molecule has 0 saturated heterocycles. The summed E-state index contributed by atoms with van der Waals surface area (Å²) in [6.45, 7) is 5.40. The minimum atomic E-state index is -0.564. The fraction of sp³-hybridized carbons (Fsp3) is 0.308. The van der Waals surface area contributed by atoms with Crippen molar-refractivity contribution in [2.24, 2.45) is 0 Å². The molecule has 0 unspecified atom stereocenters. The first-order valence-corrected chi connectivity index (χ1v) is 6.29. The van der Waals surface area contributed by atoms with E-state index in [0.29, 0.717) is 5.69 Å². The summed E-state index contributed by atoms with van der Waals surface area (Å²) in [7, 11) is 0. The molecule has 0 atom stereocenters. The van der Waals surface area contributed by atoms with Crippen molar-refractivity contribution in [3.05, 3.63) is 51.0 Å². The van der Waals surface area contributed by atoms with Crippen LogP contribution >= 0.6 is 11.6 Å². The van der Waals surface area contributed by atoms with Gasteiger partial charge in [0, 0.05) is 5.41 Å². The topological polar surface area (TPSA) is 61.0 Å². The van der Waals surface area contributed by atoms with Gasteiger partial charge in [0.15, 0.2) is 0 Å². The number of nitro groups is 1. The van der Waals surface area contributed by atoms with Crippen molar-refractivity contribution < 1.29 is 9.31 Å². The molecule has 5 nitrogen and oxygen atoms in total.